The number of benzene rings is 1. The highest BCUT2D eigenvalue weighted by Gasteiger charge is 2.30. The number of piperazine rings is 1. The minimum atomic E-state index is -3.76. The van der Waals surface area contributed by atoms with Gasteiger partial charge in [0, 0.05) is 51.4 Å². The molecule has 182 valence electrons. The van der Waals surface area contributed by atoms with Gasteiger partial charge in [-0.3, -0.25) is 14.5 Å². The normalized spacial score (nSPS) is 26.2. The summed E-state index contributed by atoms with van der Waals surface area (Å²) in [5.74, 6) is 0.196. The quantitative estimate of drug-likeness (QED) is 0.671. The Morgan fingerprint density at radius 2 is 1.70 bits per heavy atom. The molecule has 2 amide bonds. The summed E-state index contributed by atoms with van der Waals surface area (Å²) in [7, 11) is -3.76. The van der Waals surface area contributed by atoms with Crippen LogP contribution in [0.1, 0.15) is 37.0 Å². The number of piperidine rings is 1. The molecule has 9 nitrogen and oxygen atoms in total. The molecule has 0 radical (unpaired) electrons. The Bertz CT molecular complexity index is 950. The monoisotopic (exact) mass is 478 g/mol. The van der Waals surface area contributed by atoms with Crippen LogP contribution in [0, 0.1) is 5.92 Å². The van der Waals surface area contributed by atoms with Gasteiger partial charge in [0.25, 0.3) is 5.91 Å². The van der Waals surface area contributed by atoms with E-state index >= 15 is 0 Å². The highest BCUT2D eigenvalue weighted by molar-refractivity contribution is 7.89. The maximum absolute atomic E-state index is 13.0. The predicted molar refractivity (Wildman–Crippen MR) is 123 cm³/mol. The highest BCUT2D eigenvalue weighted by atomic mass is 32.2. The second-order valence-corrected chi connectivity index (χ2v) is 11.4. The van der Waals surface area contributed by atoms with Crippen LogP contribution in [0.3, 0.4) is 0 Å². The number of nitrogens with zero attached hydrogens (tertiary/aromatic N) is 3. The summed E-state index contributed by atoms with van der Waals surface area (Å²) in [6.07, 6.45) is 2.45. The lowest BCUT2D eigenvalue weighted by Gasteiger charge is -2.39. The average molecular weight is 479 g/mol. The van der Waals surface area contributed by atoms with Gasteiger partial charge in [-0.25, -0.2) is 8.42 Å². The number of hydrogen-bond donors (Lipinski definition) is 1. The van der Waals surface area contributed by atoms with E-state index in [9.17, 15) is 18.0 Å². The third kappa shape index (κ3) is 5.74. The molecule has 1 aromatic carbocycles. The van der Waals surface area contributed by atoms with E-state index in [0.717, 1.165) is 32.5 Å². The smallest absolute Gasteiger partial charge is 0.253 e. The van der Waals surface area contributed by atoms with Gasteiger partial charge < -0.3 is 15.0 Å². The standard InChI is InChI=1S/C23H34N4O5S/c1-17-13-25(14-18(2)32-17)15-19-7-10-26(11-8-19)23(29)20-3-5-21(6-4-20)33(30,31)27-12-9-24-22(28)16-27/h3-6,17-19H,7-16H2,1-2H3,(H,24,28)/t17-,18-/m0/s1. The Morgan fingerprint density at radius 1 is 1.06 bits per heavy atom. The predicted octanol–water partition coefficient (Wildman–Crippen LogP) is 0.769. The van der Waals surface area contributed by atoms with Crippen LogP contribution >= 0.6 is 0 Å². The number of carbonyl (C=O) groups excluding carboxylic acids is 2. The van der Waals surface area contributed by atoms with Crippen molar-refractivity contribution in [2.45, 2.75) is 43.8 Å². The van der Waals surface area contributed by atoms with Crippen molar-refractivity contribution in [3.05, 3.63) is 29.8 Å². The van der Waals surface area contributed by atoms with Gasteiger partial charge in [0.05, 0.1) is 23.6 Å². The molecular weight excluding hydrogens is 444 g/mol. The van der Waals surface area contributed by atoms with Gasteiger partial charge in [0.2, 0.25) is 15.9 Å². The van der Waals surface area contributed by atoms with Crippen molar-refractivity contribution in [1.29, 1.82) is 0 Å². The fraction of sp³-hybridized carbons (Fsp3) is 0.652. The Morgan fingerprint density at radius 3 is 2.30 bits per heavy atom. The van der Waals surface area contributed by atoms with Crippen LogP contribution in [-0.4, -0.2) is 98.9 Å². The minimum absolute atomic E-state index is 0.0663. The zero-order valence-electron chi connectivity index (χ0n) is 19.4. The van der Waals surface area contributed by atoms with Crippen LogP contribution < -0.4 is 5.32 Å². The second kappa shape index (κ2) is 10.1. The van der Waals surface area contributed by atoms with E-state index in [-0.39, 0.29) is 42.0 Å². The van der Waals surface area contributed by atoms with Gasteiger partial charge in [-0.2, -0.15) is 4.31 Å². The molecule has 0 spiro atoms. The van der Waals surface area contributed by atoms with Crippen molar-refractivity contribution < 1.29 is 22.7 Å². The summed E-state index contributed by atoms with van der Waals surface area (Å²) in [6, 6.07) is 6.06. The summed E-state index contributed by atoms with van der Waals surface area (Å²) in [5, 5.41) is 2.62. The fourth-order valence-corrected chi connectivity index (χ4v) is 6.44. The van der Waals surface area contributed by atoms with E-state index in [1.165, 1.54) is 16.4 Å². The zero-order valence-corrected chi connectivity index (χ0v) is 20.2. The number of likely N-dealkylation sites (tertiary alicyclic amines) is 1. The molecule has 0 saturated carbocycles. The molecule has 10 heteroatoms. The van der Waals surface area contributed by atoms with Gasteiger partial charge in [-0.05, 0) is 56.9 Å². The van der Waals surface area contributed by atoms with Crippen LogP contribution in [0.25, 0.3) is 0 Å². The molecule has 3 saturated heterocycles. The van der Waals surface area contributed by atoms with E-state index in [4.69, 9.17) is 4.74 Å². The number of rotatable bonds is 5. The molecule has 1 aromatic rings. The number of morpholine rings is 1. The third-order valence-electron chi connectivity index (χ3n) is 6.66. The topological polar surface area (TPSA) is 99.3 Å². The molecule has 3 fully saturated rings. The van der Waals surface area contributed by atoms with Gasteiger partial charge in [0.15, 0.2) is 0 Å². The van der Waals surface area contributed by atoms with Gasteiger partial charge in [-0.15, -0.1) is 0 Å². The number of ether oxygens (including phenoxy) is 1. The Hall–Kier alpha value is -2.01. The molecule has 0 aliphatic carbocycles. The van der Waals surface area contributed by atoms with E-state index in [1.54, 1.807) is 12.1 Å². The first-order valence-electron chi connectivity index (χ1n) is 11.8. The van der Waals surface area contributed by atoms with E-state index < -0.39 is 10.0 Å². The van der Waals surface area contributed by atoms with Crippen molar-refractivity contribution in [3.8, 4) is 0 Å². The number of hydrogen-bond acceptors (Lipinski definition) is 6. The summed E-state index contributed by atoms with van der Waals surface area (Å²) in [6.45, 7) is 8.97. The highest BCUT2D eigenvalue weighted by Crippen LogP contribution is 2.23. The molecule has 1 N–H and O–H groups in total. The first kappa shape index (κ1) is 24.1. The summed E-state index contributed by atoms with van der Waals surface area (Å²) < 4.78 is 32.6. The first-order valence-corrected chi connectivity index (χ1v) is 13.2. The molecule has 2 atom stereocenters. The lowest BCUT2D eigenvalue weighted by atomic mass is 9.95. The van der Waals surface area contributed by atoms with Crippen molar-refractivity contribution in [1.82, 2.24) is 19.4 Å². The number of nitrogens with one attached hydrogen (secondary N) is 1. The lowest BCUT2D eigenvalue weighted by molar-refractivity contribution is -0.122. The fourth-order valence-electron chi connectivity index (χ4n) is 5.04. The van der Waals surface area contributed by atoms with Crippen LogP contribution in [0.15, 0.2) is 29.2 Å². The molecule has 0 bridgehead atoms. The molecule has 33 heavy (non-hydrogen) atoms. The summed E-state index contributed by atoms with van der Waals surface area (Å²) >= 11 is 0. The minimum Gasteiger partial charge on any atom is -0.373 e. The summed E-state index contributed by atoms with van der Waals surface area (Å²) in [5.41, 5.74) is 0.486. The van der Waals surface area contributed by atoms with Gasteiger partial charge in [0.1, 0.15) is 0 Å². The largest absolute Gasteiger partial charge is 0.373 e. The molecule has 3 aliphatic heterocycles. The maximum atomic E-state index is 13.0. The first-order chi connectivity index (χ1) is 15.7. The molecule has 4 rings (SSSR count). The Kier molecular flexibility index (Phi) is 7.37. The lowest BCUT2D eigenvalue weighted by Crippen LogP contribution is -2.49. The number of carbonyl (C=O) groups is 2. The van der Waals surface area contributed by atoms with Crippen LogP contribution in [0.2, 0.25) is 0 Å². The van der Waals surface area contributed by atoms with Crippen molar-refractivity contribution in [2.24, 2.45) is 5.92 Å². The van der Waals surface area contributed by atoms with Crippen LogP contribution in [-0.2, 0) is 19.6 Å². The van der Waals surface area contributed by atoms with Crippen molar-refractivity contribution in [2.75, 3.05) is 52.4 Å². The van der Waals surface area contributed by atoms with Crippen molar-refractivity contribution in [3.63, 3.8) is 0 Å². The second-order valence-electron chi connectivity index (χ2n) is 9.42. The van der Waals surface area contributed by atoms with E-state index in [2.05, 4.69) is 24.1 Å². The Labute approximate surface area is 196 Å². The zero-order chi connectivity index (χ0) is 23.6. The number of sulfonamides is 1. The average Bonchev–Trinajstić information content (AvgIpc) is 2.78. The van der Waals surface area contributed by atoms with Gasteiger partial charge in [-0.1, -0.05) is 0 Å². The van der Waals surface area contributed by atoms with Crippen LogP contribution in [0.5, 0.6) is 0 Å². The molecule has 0 aromatic heterocycles. The third-order valence-corrected chi connectivity index (χ3v) is 8.52. The van der Waals surface area contributed by atoms with E-state index in [1.807, 2.05) is 4.90 Å². The Balaban J connectivity index is 1.31. The van der Waals surface area contributed by atoms with E-state index in [0.29, 0.717) is 31.1 Å². The molecule has 3 heterocycles. The van der Waals surface area contributed by atoms with Crippen molar-refractivity contribution >= 4 is 21.8 Å². The maximum Gasteiger partial charge on any atom is 0.253 e. The number of amides is 2. The molecular formula is C23H34N4O5S. The van der Waals surface area contributed by atoms with Crippen LogP contribution in [0.4, 0.5) is 0 Å². The molecule has 0 unspecified atom stereocenters. The van der Waals surface area contributed by atoms with Gasteiger partial charge >= 0.3 is 0 Å². The molecule has 3 aliphatic rings. The SMILES string of the molecule is C[C@H]1CN(CC2CCN(C(=O)c3ccc(S(=O)(=O)N4CCNC(=O)C4)cc3)CC2)C[C@H](C)O1. The summed E-state index contributed by atoms with van der Waals surface area (Å²) in [4.78, 5) is 29.0.